The molecule has 1 amide bonds. The van der Waals surface area contributed by atoms with Crippen molar-refractivity contribution in [3.8, 4) is 0 Å². The summed E-state index contributed by atoms with van der Waals surface area (Å²) in [6.07, 6.45) is 7.96. The van der Waals surface area contributed by atoms with Crippen molar-refractivity contribution in [2.75, 3.05) is 12.4 Å². The first-order chi connectivity index (χ1) is 12.6. The molecule has 0 heterocycles. The van der Waals surface area contributed by atoms with Crippen molar-refractivity contribution in [3.05, 3.63) is 71.3 Å². The number of anilines is 1. The Morgan fingerprint density at radius 2 is 1.77 bits per heavy atom. The van der Waals surface area contributed by atoms with Crippen molar-refractivity contribution in [2.24, 2.45) is 0 Å². The highest BCUT2D eigenvalue weighted by atomic mass is 16.5. The number of carbonyl (C=O) groups excluding carboxylic acids is 2. The summed E-state index contributed by atoms with van der Waals surface area (Å²) in [6.45, 7) is 2.20. The van der Waals surface area contributed by atoms with Crippen LogP contribution < -0.4 is 5.32 Å². The number of rotatable bonds is 8. The Balaban J connectivity index is 1.96. The fourth-order valence-electron chi connectivity index (χ4n) is 2.60. The Kier molecular flexibility index (Phi) is 7.62. The molecule has 0 aliphatic rings. The van der Waals surface area contributed by atoms with E-state index in [9.17, 15) is 9.59 Å². The van der Waals surface area contributed by atoms with Crippen molar-refractivity contribution < 1.29 is 14.3 Å². The molecular weight excluding hydrogens is 326 g/mol. The van der Waals surface area contributed by atoms with Crippen LogP contribution in [0.5, 0.6) is 0 Å². The van der Waals surface area contributed by atoms with E-state index < -0.39 is 5.97 Å². The van der Waals surface area contributed by atoms with E-state index in [1.165, 1.54) is 38.0 Å². The number of esters is 1. The van der Waals surface area contributed by atoms with Gasteiger partial charge in [0.05, 0.1) is 18.4 Å². The van der Waals surface area contributed by atoms with Crippen molar-refractivity contribution >= 4 is 23.6 Å². The SMILES string of the molecule is CCCCCc1ccc(/C=C/C(=O)Nc2ccccc2C(=O)OC)cc1. The van der Waals surface area contributed by atoms with Gasteiger partial charge in [-0.2, -0.15) is 0 Å². The molecule has 0 unspecified atom stereocenters. The zero-order valence-electron chi connectivity index (χ0n) is 15.3. The molecular formula is C22H25NO3. The number of unbranched alkanes of at least 4 members (excludes halogenated alkanes) is 2. The molecule has 1 N–H and O–H groups in total. The lowest BCUT2D eigenvalue weighted by Crippen LogP contribution is -2.12. The van der Waals surface area contributed by atoms with Crippen molar-refractivity contribution in [1.82, 2.24) is 0 Å². The third-order valence-corrected chi connectivity index (χ3v) is 4.07. The van der Waals surface area contributed by atoms with Crippen LogP contribution in [0.3, 0.4) is 0 Å². The molecule has 0 saturated carbocycles. The predicted octanol–water partition coefficient (Wildman–Crippen LogP) is 4.86. The van der Waals surface area contributed by atoms with E-state index >= 15 is 0 Å². The average molecular weight is 351 g/mol. The van der Waals surface area contributed by atoms with Gasteiger partial charge < -0.3 is 10.1 Å². The lowest BCUT2D eigenvalue weighted by molar-refractivity contribution is -0.111. The van der Waals surface area contributed by atoms with Crippen LogP contribution in [0, 0.1) is 0 Å². The molecule has 0 spiro atoms. The Hall–Kier alpha value is -2.88. The number of hydrogen-bond acceptors (Lipinski definition) is 3. The Morgan fingerprint density at radius 1 is 1.04 bits per heavy atom. The van der Waals surface area contributed by atoms with Crippen LogP contribution in [0.4, 0.5) is 5.69 Å². The Labute approximate surface area is 154 Å². The zero-order chi connectivity index (χ0) is 18.8. The van der Waals surface area contributed by atoms with E-state index in [0.29, 0.717) is 11.3 Å². The lowest BCUT2D eigenvalue weighted by Gasteiger charge is -2.07. The first kappa shape index (κ1) is 19.4. The van der Waals surface area contributed by atoms with Gasteiger partial charge >= 0.3 is 5.97 Å². The second kappa shape index (κ2) is 10.2. The molecule has 0 radical (unpaired) electrons. The van der Waals surface area contributed by atoms with Crippen LogP contribution in [0.15, 0.2) is 54.6 Å². The summed E-state index contributed by atoms with van der Waals surface area (Å²) in [5, 5.41) is 2.72. The second-order valence-electron chi connectivity index (χ2n) is 6.06. The summed E-state index contributed by atoms with van der Waals surface area (Å²) in [4.78, 5) is 23.9. The minimum Gasteiger partial charge on any atom is -0.465 e. The third-order valence-electron chi connectivity index (χ3n) is 4.07. The molecule has 0 aliphatic heterocycles. The monoisotopic (exact) mass is 351 g/mol. The molecule has 4 nitrogen and oxygen atoms in total. The number of hydrogen-bond donors (Lipinski definition) is 1. The molecule has 0 saturated heterocycles. The van der Waals surface area contributed by atoms with E-state index in [1.807, 2.05) is 12.1 Å². The zero-order valence-corrected chi connectivity index (χ0v) is 15.3. The average Bonchev–Trinajstić information content (AvgIpc) is 2.67. The summed E-state index contributed by atoms with van der Waals surface area (Å²) in [7, 11) is 1.31. The Bertz CT molecular complexity index is 763. The molecule has 2 aromatic carbocycles. The van der Waals surface area contributed by atoms with E-state index in [4.69, 9.17) is 4.74 Å². The number of nitrogens with one attached hydrogen (secondary N) is 1. The summed E-state index contributed by atoms with van der Waals surface area (Å²) < 4.78 is 4.73. The fourth-order valence-corrected chi connectivity index (χ4v) is 2.60. The van der Waals surface area contributed by atoms with Gasteiger partial charge in [-0.25, -0.2) is 4.79 Å². The third kappa shape index (κ3) is 5.88. The minimum atomic E-state index is -0.483. The molecule has 0 aliphatic carbocycles. The Morgan fingerprint density at radius 3 is 2.46 bits per heavy atom. The van der Waals surface area contributed by atoms with Gasteiger partial charge in [0.2, 0.25) is 5.91 Å². The topological polar surface area (TPSA) is 55.4 Å². The molecule has 0 aromatic heterocycles. The van der Waals surface area contributed by atoms with E-state index in [2.05, 4.69) is 24.4 Å². The minimum absolute atomic E-state index is 0.298. The maximum Gasteiger partial charge on any atom is 0.339 e. The van der Waals surface area contributed by atoms with Crippen LogP contribution in [0.1, 0.15) is 47.7 Å². The predicted molar refractivity (Wildman–Crippen MR) is 105 cm³/mol. The van der Waals surface area contributed by atoms with Gasteiger partial charge in [-0.05, 0) is 42.2 Å². The number of amides is 1. The lowest BCUT2D eigenvalue weighted by atomic mass is 10.1. The number of carbonyl (C=O) groups is 2. The molecule has 136 valence electrons. The second-order valence-corrected chi connectivity index (χ2v) is 6.06. The number of aryl methyl sites for hydroxylation is 1. The van der Waals surface area contributed by atoms with Gasteiger partial charge in [-0.3, -0.25) is 4.79 Å². The van der Waals surface area contributed by atoms with Gasteiger partial charge in [0.25, 0.3) is 0 Å². The molecule has 2 rings (SSSR count). The molecule has 0 bridgehead atoms. The summed E-state index contributed by atoms with van der Waals surface area (Å²) in [6, 6.07) is 15.0. The summed E-state index contributed by atoms with van der Waals surface area (Å²) in [5.41, 5.74) is 3.03. The smallest absolute Gasteiger partial charge is 0.339 e. The van der Waals surface area contributed by atoms with Crippen LogP contribution in [-0.4, -0.2) is 19.0 Å². The first-order valence-corrected chi connectivity index (χ1v) is 8.89. The number of methoxy groups -OCH3 is 1. The number of para-hydroxylation sites is 1. The number of benzene rings is 2. The maximum atomic E-state index is 12.1. The van der Waals surface area contributed by atoms with Gasteiger partial charge in [0.1, 0.15) is 0 Å². The normalized spacial score (nSPS) is 10.7. The highest BCUT2D eigenvalue weighted by Gasteiger charge is 2.11. The highest BCUT2D eigenvalue weighted by Crippen LogP contribution is 2.16. The van der Waals surface area contributed by atoms with Crippen molar-refractivity contribution in [1.29, 1.82) is 0 Å². The van der Waals surface area contributed by atoms with Gasteiger partial charge in [0, 0.05) is 6.08 Å². The van der Waals surface area contributed by atoms with E-state index in [1.54, 1.807) is 30.3 Å². The molecule has 4 heteroatoms. The van der Waals surface area contributed by atoms with E-state index in [-0.39, 0.29) is 5.91 Å². The van der Waals surface area contributed by atoms with Gasteiger partial charge in [-0.1, -0.05) is 56.2 Å². The maximum absolute atomic E-state index is 12.1. The van der Waals surface area contributed by atoms with Crippen LogP contribution in [0.25, 0.3) is 6.08 Å². The molecule has 0 atom stereocenters. The molecule has 2 aromatic rings. The molecule has 0 fully saturated rings. The first-order valence-electron chi connectivity index (χ1n) is 8.89. The van der Waals surface area contributed by atoms with Crippen molar-refractivity contribution in [2.45, 2.75) is 32.6 Å². The largest absolute Gasteiger partial charge is 0.465 e. The van der Waals surface area contributed by atoms with Crippen LogP contribution in [-0.2, 0) is 16.0 Å². The van der Waals surface area contributed by atoms with Crippen LogP contribution in [0.2, 0.25) is 0 Å². The molecule has 26 heavy (non-hydrogen) atoms. The van der Waals surface area contributed by atoms with Gasteiger partial charge in [-0.15, -0.1) is 0 Å². The fraction of sp³-hybridized carbons (Fsp3) is 0.273. The van der Waals surface area contributed by atoms with Crippen LogP contribution >= 0.6 is 0 Å². The van der Waals surface area contributed by atoms with Gasteiger partial charge in [0.15, 0.2) is 0 Å². The summed E-state index contributed by atoms with van der Waals surface area (Å²) in [5.74, 6) is -0.781. The highest BCUT2D eigenvalue weighted by molar-refractivity contribution is 6.06. The quantitative estimate of drug-likeness (QED) is 0.420. The summed E-state index contributed by atoms with van der Waals surface area (Å²) >= 11 is 0. The van der Waals surface area contributed by atoms with Crippen molar-refractivity contribution in [3.63, 3.8) is 0 Å². The standard InChI is InChI=1S/C22H25NO3/c1-3-4-5-8-17-11-13-18(14-12-17)15-16-21(24)23-20-10-7-6-9-19(20)22(25)26-2/h6-7,9-16H,3-5,8H2,1-2H3,(H,23,24)/b16-15+. The number of ether oxygens (including phenoxy) is 1. The van der Waals surface area contributed by atoms with E-state index in [0.717, 1.165) is 12.0 Å².